The second kappa shape index (κ2) is 4.30. The molecule has 3 atom stereocenters. The van der Waals surface area contributed by atoms with Crippen LogP contribution in [0.2, 0.25) is 0 Å². The molecule has 16 heavy (non-hydrogen) atoms. The molecule has 3 aliphatic rings. The van der Waals surface area contributed by atoms with E-state index in [1.54, 1.807) is 6.42 Å². The number of piperazine rings is 1. The van der Waals surface area contributed by atoms with Gasteiger partial charge in [0.2, 0.25) is 0 Å². The van der Waals surface area contributed by atoms with Gasteiger partial charge in [0.1, 0.15) is 0 Å². The molecular weight excluding hydrogens is 196 g/mol. The van der Waals surface area contributed by atoms with Gasteiger partial charge in [0.15, 0.2) is 0 Å². The lowest BCUT2D eigenvalue weighted by atomic mass is 9.93. The fourth-order valence-corrected chi connectivity index (χ4v) is 4.24. The molecule has 0 aromatic rings. The molecule has 92 valence electrons. The Morgan fingerprint density at radius 2 is 1.69 bits per heavy atom. The molecule has 2 bridgehead atoms. The van der Waals surface area contributed by atoms with Crippen molar-refractivity contribution in [2.45, 2.75) is 51.6 Å². The molecule has 3 rings (SSSR count). The largest absolute Gasteiger partial charge is 0.298 e. The molecule has 0 aromatic heterocycles. The zero-order valence-electron chi connectivity index (χ0n) is 10.9. The highest BCUT2D eigenvalue weighted by molar-refractivity contribution is 4.96. The first-order valence-electron chi connectivity index (χ1n) is 7.22. The van der Waals surface area contributed by atoms with Gasteiger partial charge >= 0.3 is 0 Å². The quantitative estimate of drug-likeness (QED) is 0.707. The van der Waals surface area contributed by atoms with Gasteiger partial charge in [-0.2, -0.15) is 0 Å². The Hall–Kier alpha value is -0.0800. The molecule has 1 saturated heterocycles. The van der Waals surface area contributed by atoms with Gasteiger partial charge in [-0.3, -0.25) is 9.80 Å². The van der Waals surface area contributed by atoms with Crippen LogP contribution >= 0.6 is 0 Å². The number of nitrogens with zero attached hydrogens (tertiary/aromatic N) is 2. The summed E-state index contributed by atoms with van der Waals surface area (Å²) < 4.78 is 0. The van der Waals surface area contributed by atoms with Crippen LogP contribution in [0.25, 0.3) is 0 Å². The van der Waals surface area contributed by atoms with Crippen molar-refractivity contribution in [3.8, 4) is 0 Å². The monoisotopic (exact) mass is 222 g/mol. The van der Waals surface area contributed by atoms with Gasteiger partial charge in [0.25, 0.3) is 0 Å². The molecule has 2 aliphatic carbocycles. The Kier molecular flexibility index (Phi) is 2.97. The van der Waals surface area contributed by atoms with Crippen LogP contribution in [0.1, 0.15) is 39.5 Å². The van der Waals surface area contributed by atoms with Gasteiger partial charge in [-0.1, -0.05) is 6.42 Å². The maximum absolute atomic E-state index is 2.81. The zero-order valence-corrected chi connectivity index (χ0v) is 10.9. The Balaban J connectivity index is 1.54. The Morgan fingerprint density at radius 3 is 2.19 bits per heavy atom. The smallest absolute Gasteiger partial charge is 0.0127 e. The van der Waals surface area contributed by atoms with Crippen molar-refractivity contribution >= 4 is 0 Å². The Bertz CT molecular complexity index is 243. The molecule has 0 radical (unpaired) electrons. The predicted molar refractivity (Wildman–Crippen MR) is 67.5 cm³/mol. The minimum atomic E-state index is 0.738. The minimum Gasteiger partial charge on any atom is -0.298 e. The van der Waals surface area contributed by atoms with Crippen molar-refractivity contribution in [2.24, 2.45) is 11.8 Å². The van der Waals surface area contributed by atoms with Crippen molar-refractivity contribution < 1.29 is 0 Å². The summed E-state index contributed by atoms with van der Waals surface area (Å²) in [5.41, 5.74) is 0. The van der Waals surface area contributed by atoms with Crippen LogP contribution in [-0.2, 0) is 0 Å². The third-order valence-electron chi connectivity index (χ3n) is 5.25. The van der Waals surface area contributed by atoms with Gasteiger partial charge in [0.05, 0.1) is 0 Å². The van der Waals surface area contributed by atoms with E-state index in [9.17, 15) is 0 Å². The van der Waals surface area contributed by atoms with E-state index in [1.807, 2.05) is 0 Å². The van der Waals surface area contributed by atoms with Crippen molar-refractivity contribution in [3.63, 3.8) is 0 Å². The van der Waals surface area contributed by atoms with Crippen molar-refractivity contribution in [1.82, 2.24) is 9.80 Å². The van der Waals surface area contributed by atoms with Gasteiger partial charge in [-0.05, 0) is 44.9 Å². The highest BCUT2D eigenvalue weighted by Crippen LogP contribution is 2.46. The summed E-state index contributed by atoms with van der Waals surface area (Å²) in [6.45, 7) is 9.90. The van der Waals surface area contributed by atoms with Crippen LogP contribution in [0.5, 0.6) is 0 Å². The van der Waals surface area contributed by atoms with Crippen LogP contribution in [0.4, 0.5) is 0 Å². The Morgan fingerprint density at radius 1 is 0.938 bits per heavy atom. The summed E-state index contributed by atoms with van der Waals surface area (Å²) in [5.74, 6) is 2.16. The summed E-state index contributed by atoms with van der Waals surface area (Å²) in [4.78, 5) is 5.44. The lowest BCUT2D eigenvalue weighted by Gasteiger charge is -2.42. The van der Waals surface area contributed by atoms with E-state index < -0.39 is 0 Å². The van der Waals surface area contributed by atoms with Crippen LogP contribution in [0.15, 0.2) is 0 Å². The normalized spacial score (nSPS) is 41.1. The van der Waals surface area contributed by atoms with E-state index in [0.29, 0.717) is 0 Å². The number of hydrogen-bond donors (Lipinski definition) is 0. The summed E-state index contributed by atoms with van der Waals surface area (Å²) in [6.07, 6.45) is 6.13. The zero-order chi connectivity index (χ0) is 11.1. The van der Waals surface area contributed by atoms with Gasteiger partial charge in [-0.25, -0.2) is 0 Å². The van der Waals surface area contributed by atoms with E-state index in [2.05, 4.69) is 23.6 Å². The second-order valence-corrected chi connectivity index (χ2v) is 6.41. The molecule has 2 saturated carbocycles. The molecular formula is C14H26N2. The fourth-order valence-electron chi connectivity index (χ4n) is 4.24. The summed E-state index contributed by atoms with van der Waals surface area (Å²) in [5, 5.41) is 0. The predicted octanol–water partition coefficient (Wildman–Crippen LogP) is 2.20. The second-order valence-electron chi connectivity index (χ2n) is 6.41. The fraction of sp³-hybridized carbons (Fsp3) is 1.00. The van der Waals surface area contributed by atoms with E-state index >= 15 is 0 Å². The number of rotatable bonds is 2. The molecule has 1 aliphatic heterocycles. The lowest BCUT2D eigenvalue weighted by Crippen LogP contribution is -2.53. The highest BCUT2D eigenvalue weighted by Gasteiger charge is 2.42. The van der Waals surface area contributed by atoms with Gasteiger partial charge in [0, 0.05) is 38.3 Å². The number of fused-ring (bicyclic) bond motifs is 2. The minimum absolute atomic E-state index is 0.738. The highest BCUT2D eigenvalue weighted by atomic mass is 15.3. The van der Waals surface area contributed by atoms with E-state index in [1.165, 1.54) is 45.4 Å². The molecule has 0 N–H and O–H groups in total. The SMILES string of the molecule is CC(C)N1CCN([C@@H]2C[C@@H]3CC[C@@H]2C3)CC1. The van der Waals surface area contributed by atoms with Crippen LogP contribution in [-0.4, -0.2) is 48.1 Å². The van der Waals surface area contributed by atoms with Gasteiger partial charge < -0.3 is 0 Å². The summed E-state index contributed by atoms with van der Waals surface area (Å²) >= 11 is 0. The molecule has 3 fully saturated rings. The first kappa shape index (κ1) is 11.0. The topological polar surface area (TPSA) is 6.48 Å². The first-order valence-corrected chi connectivity index (χ1v) is 7.22. The van der Waals surface area contributed by atoms with Crippen LogP contribution in [0, 0.1) is 11.8 Å². The lowest BCUT2D eigenvalue weighted by molar-refractivity contribution is 0.0577. The van der Waals surface area contributed by atoms with Gasteiger partial charge in [-0.15, -0.1) is 0 Å². The van der Waals surface area contributed by atoms with E-state index in [4.69, 9.17) is 0 Å². The molecule has 1 heterocycles. The van der Waals surface area contributed by atoms with Crippen LogP contribution < -0.4 is 0 Å². The Labute approximate surface area is 100.0 Å². The average Bonchev–Trinajstić information content (AvgIpc) is 2.91. The molecule has 0 unspecified atom stereocenters. The molecule has 0 amide bonds. The maximum Gasteiger partial charge on any atom is 0.0127 e. The summed E-state index contributed by atoms with van der Waals surface area (Å²) in [6, 6.07) is 1.70. The first-order chi connectivity index (χ1) is 7.74. The third kappa shape index (κ3) is 1.91. The van der Waals surface area contributed by atoms with Crippen molar-refractivity contribution in [3.05, 3.63) is 0 Å². The number of hydrogen-bond acceptors (Lipinski definition) is 2. The molecule has 0 spiro atoms. The summed E-state index contributed by atoms with van der Waals surface area (Å²) in [7, 11) is 0. The van der Waals surface area contributed by atoms with E-state index in [0.717, 1.165) is 23.9 Å². The third-order valence-corrected chi connectivity index (χ3v) is 5.25. The molecule has 0 aromatic carbocycles. The van der Waals surface area contributed by atoms with Crippen molar-refractivity contribution in [2.75, 3.05) is 26.2 Å². The molecule has 2 nitrogen and oxygen atoms in total. The van der Waals surface area contributed by atoms with E-state index in [-0.39, 0.29) is 0 Å². The molecule has 2 heteroatoms. The maximum atomic E-state index is 2.81. The average molecular weight is 222 g/mol. The van der Waals surface area contributed by atoms with Crippen molar-refractivity contribution in [1.29, 1.82) is 0 Å². The van der Waals surface area contributed by atoms with Crippen LogP contribution in [0.3, 0.4) is 0 Å². The standard InChI is InChI=1S/C14H26N2/c1-11(2)15-5-7-16(8-6-15)14-10-12-3-4-13(14)9-12/h11-14H,3-10H2,1-2H3/t12-,13-,14-/m1/s1.